The van der Waals surface area contributed by atoms with Gasteiger partial charge in [-0.2, -0.15) is 0 Å². The maximum Gasteiger partial charge on any atom is 0.303 e. The molecular weight excluding hydrogens is 236 g/mol. The van der Waals surface area contributed by atoms with Crippen LogP contribution in [0.5, 0.6) is 0 Å². The summed E-state index contributed by atoms with van der Waals surface area (Å²) in [5.74, 6) is -0.723. The minimum Gasteiger partial charge on any atom is -0.481 e. The van der Waals surface area contributed by atoms with E-state index >= 15 is 0 Å². The Morgan fingerprint density at radius 1 is 0.789 bits per heavy atom. The molecule has 0 rings (SSSR count). The maximum atomic E-state index is 10.4. The van der Waals surface area contributed by atoms with E-state index in [1.54, 1.807) is 0 Å². The van der Waals surface area contributed by atoms with Crippen molar-refractivity contribution in [2.75, 3.05) is 0 Å². The van der Waals surface area contributed by atoms with Crippen LogP contribution in [-0.4, -0.2) is 11.1 Å². The zero-order valence-electron chi connectivity index (χ0n) is 12.8. The first-order chi connectivity index (χ1) is 8.91. The van der Waals surface area contributed by atoms with Crippen molar-refractivity contribution in [2.24, 2.45) is 0 Å². The monoisotopic (exact) mass is 264 g/mol. The van der Waals surface area contributed by atoms with Crippen LogP contribution in [0.4, 0.5) is 0 Å². The fourth-order valence-corrected chi connectivity index (χ4v) is 1.78. The summed E-state index contributed by atoms with van der Waals surface area (Å²) in [4.78, 5) is 10.4. The Bertz CT molecular complexity index is 355. The molecule has 0 bridgehead atoms. The van der Waals surface area contributed by atoms with Gasteiger partial charge in [-0.25, -0.2) is 0 Å². The van der Waals surface area contributed by atoms with E-state index in [1.807, 2.05) is 6.08 Å². The van der Waals surface area contributed by atoms with Crippen molar-refractivity contribution in [2.45, 2.75) is 66.2 Å². The van der Waals surface area contributed by atoms with Gasteiger partial charge in [0.05, 0.1) is 0 Å². The second kappa shape index (κ2) is 10.6. The van der Waals surface area contributed by atoms with Crippen molar-refractivity contribution in [3.05, 3.63) is 34.9 Å². The van der Waals surface area contributed by atoms with Crippen molar-refractivity contribution >= 4 is 5.97 Å². The number of aliphatic carboxylic acids is 1. The van der Waals surface area contributed by atoms with Crippen molar-refractivity contribution in [1.82, 2.24) is 0 Å². The maximum absolute atomic E-state index is 10.4. The van der Waals surface area contributed by atoms with E-state index < -0.39 is 5.97 Å². The largest absolute Gasteiger partial charge is 0.481 e. The van der Waals surface area contributed by atoms with Crippen LogP contribution in [0, 0.1) is 0 Å². The quantitative estimate of drug-likeness (QED) is 0.576. The molecule has 0 heterocycles. The average Bonchev–Trinajstić information content (AvgIpc) is 2.27. The highest BCUT2D eigenvalue weighted by Gasteiger charge is 1.95. The molecule has 0 saturated heterocycles. The summed E-state index contributed by atoms with van der Waals surface area (Å²) < 4.78 is 0. The summed E-state index contributed by atoms with van der Waals surface area (Å²) in [5.41, 5.74) is 4.11. The Labute approximate surface area is 117 Å². The van der Waals surface area contributed by atoms with Gasteiger partial charge in [-0.15, -0.1) is 0 Å². The highest BCUT2D eigenvalue weighted by Crippen LogP contribution is 2.12. The van der Waals surface area contributed by atoms with Crippen LogP contribution in [0.1, 0.15) is 66.2 Å². The first-order valence-corrected chi connectivity index (χ1v) is 7.08. The summed E-state index contributed by atoms with van der Waals surface area (Å²) in [6, 6.07) is 0. The average molecular weight is 264 g/mol. The van der Waals surface area contributed by atoms with Crippen molar-refractivity contribution in [3.8, 4) is 0 Å². The zero-order chi connectivity index (χ0) is 14.7. The van der Waals surface area contributed by atoms with Gasteiger partial charge >= 0.3 is 5.97 Å². The third-order valence-electron chi connectivity index (χ3n) is 2.97. The Morgan fingerprint density at radius 2 is 1.21 bits per heavy atom. The number of hydrogen-bond acceptors (Lipinski definition) is 1. The molecular formula is C17H28O2. The lowest BCUT2D eigenvalue weighted by Crippen LogP contribution is -1.92. The van der Waals surface area contributed by atoms with E-state index in [2.05, 4.69) is 39.8 Å². The number of carboxylic acid groups (broad SMARTS) is 1. The van der Waals surface area contributed by atoms with Crippen molar-refractivity contribution in [1.29, 1.82) is 0 Å². The summed E-state index contributed by atoms with van der Waals surface area (Å²) >= 11 is 0. The molecule has 0 aliphatic rings. The Hall–Kier alpha value is -1.31. The molecule has 0 aromatic carbocycles. The summed E-state index contributed by atoms with van der Waals surface area (Å²) in [7, 11) is 0. The predicted molar refractivity (Wildman–Crippen MR) is 82.3 cm³/mol. The molecule has 2 nitrogen and oxygen atoms in total. The van der Waals surface area contributed by atoms with Crippen LogP contribution in [0.25, 0.3) is 0 Å². The molecule has 0 amide bonds. The predicted octanol–water partition coefficient (Wildman–Crippen LogP) is 5.27. The van der Waals surface area contributed by atoms with E-state index in [4.69, 9.17) is 5.11 Å². The molecule has 0 aliphatic carbocycles. The van der Waals surface area contributed by atoms with Gasteiger partial charge in [-0.3, -0.25) is 4.79 Å². The van der Waals surface area contributed by atoms with Crippen LogP contribution in [0.15, 0.2) is 34.9 Å². The Balaban J connectivity index is 3.86. The number of carboxylic acids is 1. The molecule has 0 aromatic heterocycles. The lowest BCUT2D eigenvalue weighted by Gasteiger charge is -2.01. The SMILES string of the molecule is CC(C)=CCC/C(C)=C\CC/C(C)=C\CCC(=O)O. The smallest absolute Gasteiger partial charge is 0.303 e. The van der Waals surface area contributed by atoms with Gasteiger partial charge in [0.1, 0.15) is 0 Å². The number of allylic oxidation sites excluding steroid dienone is 6. The van der Waals surface area contributed by atoms with Crippen molar-refractivity contribution in [3.63, 3.8) is 0 Å². The van der Waals surface area contributed by atoms with E-state index in [0.29, 0.717) is 6.42 Å². The third-order valence-corrected chi connectivity index (χ3v) is 2.97. The van der Waals surface area contributed by atoms with Crippen LogP contribution in [0.2, 0.25) is 0 Å². The lowest BCUT2D eigenvalue weighted by atomic mass is 10.1. The van der Waals surface area contributed by atoms with Crippen LogP contribution in [0.3, 0.4) is 0 Å². The second-order valence-electron chi connectivity index (χ2n) is 5.39. The fourth-order valence-electron chi connectivity index (χ4n) is 1.78. The van der Waals surface area contributed by atoms with Gasteiger partial charge in [-0.05, 0) is 59.8 Å². The van der Waals surface area contributed by atoms with E-state index in [-0.39, 0.29) is 6.42 Å². The van der Waals surface area contributed by atoms with Gasteiger partial charge in [0.25, 0.3) is 0 Å². The van der Waals surface area contributed by atoms with E-state index in [9.17, 15) is 4.79 Å². The molecule has 1 N–H and O–H groups in total. The summed E-state index contributed by atoms with van der Waals surface area (Å²) in [6.07, 6.45) is 11.8. The van der Waals surface area contributed by atoms with Crippen LogP contribution in [-0.2, 0) is 4.79 Å². The topological polar surface area (TPSA) is 37.3 Å². The Kier molecular flexibility index (Phi) is 9.87. The molecule has 108 valence electrons. The van der Waals surface area contributed by atoms with Crippen LogP contribution < -0.4 is 0 Å². The third kappa shape index (κ3) is 12.9. The molecule has 0 unspecified atom stereocenters. The van der Waals surface area contributed by atoms with Gasteiger partial charge in [0.2, 0.25) is 0 Å². The van der Waals surface area contributed by atoms with Gasteiger partial charge in [-0.1, -0.05) is 34.9 Å². The zero-order valence-corrected chi connectivity index (χ0v) is 12.8. The minimum atomic E-state index is -0.723. The standard InChI is InChI=1S/C17H28O2/c1-14(2)8-5-9-15(3)10-6-11-16(4)12-7-13-17(18)19/h8,10,12H,5-7,9,11,13H2,1-4H3,(H,18,19)/b15-10-,16-12-. The first kappa shape index (κ1) is 17.7. The van der Waals surface area contributed by atoms with E-state index in [1.165, 1.54) is 16.7 Å². The molecule has 2 heteroatoms. The molecule has 0 radical (unpaired) electrons. The molecule has 0 saturated carbocycles. The molecule has 0 spiro atoms. The summed E-state index contributed by atoms with van der Waals surface area (Å²) in [6.45, 7) is 8.52. The molecule has 0 atom stereocenters. The molecule has 0 fully saturated rings. The van der Waals surface area contributed by atoms with Crippen molar-refractivity contribution < 1.29 is 9.90 Å². The second-order valence-corrected chi connectivity index (χ2v) is 5.39. The molecule has 0 aromatic rings. The van der Waals surface area contributed by atoms with Gasteiger partial charge in [0, 0.05) is 6.42 Å². The number of hydrogen-bond donors (Lipinski definition) is 1. The Morgan fingerprint density at radius 3 is 1.63 bits per heavy atom. The van der Waals surface area contributed by atoms with E-state index in [0.717, 1.165) is 25.7 Å². The number of carbonyl (C=O) groups is 1. The fraction of sp³-hybridized carbons (Fsp3) is 0.588. The first-order valence-electron chi connectivity index (χ1n) is 7.08. The van der Waals surface area contributed by atoms with Crippen LogP contribution >= 0.6 is 0 Å². The minimum absolute atomic E-state index is 0.231. The highest BCUT2D eigenvalue weighted by atomic mass is 16.4. The highest BCUT2D eigenvalue weighted by molar-refractivity contribution is 5.66. The summed E-state index contributed by atoms with van der Waals surface area (Å²) in [5, 5.41) is 8.55. The number of rotatable bonds is 9. The molecule has 0 aliphatic heterocycles. The van der Waals surface area contributed by atoms with Gasteiger partial charge in [0.15, 0.2) is 0 Å². The lowest BCUT2D eigenvalue weighted by molar-refractivity contribution is -0.136. The van der Waals surface area contributed by atoms with Gasteiger partial charge < -0.3 is 5.11 Å². The normalized spacial score (nSPS) is 12.4. The molecule has 19 heavy (non-hydrogen) atoms.